The Morgan fingerprint density at radius 3 is 2.36 bits per heavy atom. The molecule has 3 aromatic rings. The maximum atomic E-state index is 11.0. The summed E-state index contributed by atoms with van der Waals surface area (Å²) in [5.74, 6) is 2.94. The molecule has 1 aromatic heterocycles. The van der Waals surface area contributed by atoms with E-state index < -0.39 is 6.10 Å². The average Bonchev–Trinajstić information content (AvgIpc) is 3.35. The molecule has 0 radical (unpaired) electrons. The number of benzene rings is 2. The number of methoxy groups -OCH3 is 3. The molecule has 0 saturated heterocycles. The lowest BCUT2D eigenvalue weighted by molar-refractivity contribution is 0.0604. The Balaban J connectivity index is 1.72. The molecular formula is C25H29NO7. The average molecular weight is 456 g/mol. The van der Waals surface area contributed by atoms with Gasteiger partial charge in [-0.05, 0) is 42.0 Å². The summed E-state index contributed by atoms with van der Waals surface area (Å²) in [6.45, 7) is 1.38. The van der Waals surface area contributed by atoms with Crippen LogP contribution in [0.25, 0.3) is 0 Å². The Hall–Kier alpha value is -3.49. The molecule has 0 saturated carbocycles. The first-order valence-corrected chi connectivity index (χ1v) is 10.5. The predicted octanol–water partition coefficient (Wildman–Crippen LogP) is 3.56. The monoisotopic (exact) mass is 455 g/mol. The summed E-state index contributed by atoms with van der Waals surface area (Å²) in [5.41, 5.74) is 1.44. The number of aliphatic hydroxyl groups is 1. The quantitative estimate of drug-likeness (QED) is 0.391. The lowest BCUT2D eigenvalue weighted by Gasteiger charge is -2.25. The van der Waals surface area contributed by atoms with Crippen molar-refractivity contribution in [3.63, 3.8) is 0 Å². The van der Waals surface area contributed by atoms with E-state index in [0.717, 1.165) is 17.6 Å². The van der Waals surface area contributed by atoms with Crippen LogP contribution < -0.4 is 18.9 Å². The highest BCUT2D eigenvalue weighted by Gasteiger charge is 2.18. The van der Waals surface area contributed by atoms with Crippen LogP contribution in [-0.2, 0) is 13.1 Å². The Bertz CT molecular complexity index is 994. The van der Waals surface area contributed by atoms with Crippen LogP contribution in [0.4, 0.5) is 0 Å². The molecule has 1 N–H and O–H groups in total. The van der Waals surface area contributed by atoms with Gasteiger partial charge in [0.05, 0.1) is 34.1 Å². The fourth-order valence-corrected chi connectivity index (χ4v) is 3.51. The van der Waals surface area contributed by atoms with Gasteiger partial charge in [-0.3, -0.25) is 9.69 Å². The van der Waals surface area contributed by atoms with Crippen molar-refractivity contribution in [3.05, 3.63) is 71.7 Å². The van der Waals surface area contributed by atoms with Gasteiger partial charge >= 0.3 is 0 Å². The summed E-state index contributed by atoms with van der Waals surface area (Å²) in [5, 5.41) is 10.7. The summed E-state index contributed by atoms with van der Waals surface area (Å²) < 4.78 is 27.5. The second kappa shape index (κ2) is 11.9. The molecule has 176 valence electrons. The van der Waals surface area contributed by atoms with E-state index in [4.69, 9.17) is 23.4 Å². The number of furan rings is 1. The van der Waals surface area contributed by atoms with E-state index in [-0.39, 0.29) is 6.61 Å². The molecule has 8 heteroatoms. The van der Waals surface area contributed by atoms with Gasteiger partial charge in [-0.2, -0.15) is 0 Å². The summed E-state index contributed by atoms with van der Waals surface area (Å²) in [6.07, 6.45) is 1.60. The zero-order chi connectivity index (χ0) is 23.6. The topological polar surface area (TPSA) is 90.6 Å². The predicted molar refractivity (Wildman–Crippen MR) is 122 cm³/mol. The van der Waals surface area contributed by atoms with Crippen LogP contribution in [0, 0.1) is 0 Å². The second-order valence-electron chi connectivity index (χ2n) is 7.44. The van der Waals surface area contributed by atoms with Gasteiger partial charge in [0.1, 0.15) is 30.5 Å². The van der Waals surface area contributed by atoms with Crippen molar-refractivity contribution in [1.82, 2.24) is 4.90 Å². The molecule has 2 aromatic carbocycles. The van der Waals surface area contributed by atoms with Gasteiger partial charge in [-0.25, -0.2) is 0 Å². The standard InChI is InChI=1S/C25H29NO7/c1-29-23-11-19(12-24(30-2)25(23)31-3)13-26(15-22-8-5-9-32-22)14-20(28)17-33-21-7-4-6-18(10-21)16-27/h4-12,16,20,28H,13-15,17H2,1-3H3. The number of ether oxygens (including phenoxy) is 4. The molecule has 0 aliphatic heterocycles. The third-order valence-corrected chi connectivity index (χ3v) is 5.00. The Labute approximate surface area is 193 Å². The Kier molecular flexibility index (Phi) is 8.74. The first kappa shape index (κ1) is 24.2. The van der Waals surface area contributed by atoms with E-state index in [1.165, 1.54) is 0 Å². The number of hydrogen-bond acceptors (Lipinski definition) is 8. The zero-order valence-corrected chi connectivity index (χ0v) is 19.0. The van der Waals surface area contributed by atoms with Crippen molar-refractivity contribution in [3.8, 4) is 23.0 Å². The van der Waals surface area contributed by atoms with Crippen LogP contribution in [0.2, 0.25) is 0 Å². The molecule has 8 nitrogen and oxygen atoms in total. The SMILES string of the molecule is COc1cc(CN(Cc2ccco2)CC(O)COc2cccc(C=O)c2)cc(OC)c1OC. The second-order valence-corrected chi connectivity index (χ2v) is 7.44. The van der Waals surface area contributed by atoms with Gasteiger partial charge in [-0.1, -0.05) is 12.1 Å². The molecule has 0 spiro atoms. The van der Waals surface area contributed by atoms with Gasteiger partial charge in [0.2, 0.25) is 5.75 Å². The molecule has 0 bridgehead atoms. The molecule has 3 rings (SSSR count). The van der Waals surface area contributed by atoms with Crippen molar-refractivity contribution >= 4 is 6.29 Å². The van der Waals surface area contributed by atoms with Crippen molar-refractivity contribution < 1.29 is 33.3 Å². The highest BCUT2D eigenvalue weighted by molar-refractivity contribution is 5.75. The summed E-state index contributed by atoms with van der Waals surface area (Å²) >= 11 is 0. The summed E-state index contributed by atoms with van der Waals surface area (Å²) in [7, 11) is 4.70. The van der Waals surface area contributed by atoms with Crippen molar-refractivity contribution in [2.45, 2.75) is 19.2 Å². The van der Waals surface area contributed by atoms with Crippen LogP contribution >= 0.6 is 0 Å². The summed E-state index contributed by atoms with van der Waals surface area (Å²) in [4.78, 5) is 13.0. The molecule has 33 heavy (non-hydrogen) atoms. The highest BCUT2D eigenvalue weighted by Crippen LogP contribution is 2.38. The van der Waals surface area contributed by atoms with E-state index >= 15 is 0 Å². The normalized spacial score (nSPS) is 11.8. The molecule has 1 atom stereocenters. The van der Waals surface area contributed by atoms with E-state index in [0.29, 0.717) is 48.2 Å². The van der Waals surface area contributed by atoms with Crippen LogP contribution in [0.3, 0.4) is 0 Å². The van der Waals surface area contributed by atoms with Crippen LogP contribution in [-0.4, -0.2) is 56.9 Å². The molecule has 0 fully saturated rings. The lowest BCUT2D eigenvalue weighted by Crippen LogP contribution is -2.35. The minimum absolute atomic E-state index is 0.0756. The maximum Gasteiger partial charge on any atom is 0.203 e. The minimum atomic E-state index is -0.776. The van der Waals surface area contributed by atoms with Gasteiger partial charge in [0, 0.05) is 18.7 Å². The Morgan fingerprint density at radius 2 is 1.76 bits per heavy atom. The van der Waals surface area contributed by atoms with Crippen LogP contribution in [0.15, 0.2) is 59.2 Å². The Morgan fingerprint density at radius 1 is 1.00 bits per heavy atom. The number of nitrogens with zero attached hydrogens (tertiary/aromatic N) is 1. The summed E-state index contributed by atoms with van der Waals surface area (Å²) in [6, 6.07) is 14.3. The number of carbonyl (C=O) groups is 1. The van der Waals surface area contributed by atoms with Crippen molar-refractivity contribution in [2.75, 3.05) is 34.5 Å². The number of aldehydes is 1. The van der Waals surface area contributed by atoms with E-state index in [1.807, 2.05) is 29.2 Å². The molecule has 0 aliphatic carbocycles. The molecule has 1 unspecified atom stereocenters. The first-order chi connectivity index (χ1) is 16.1. The fraction of sp³-hybridized carbons (Fsp3) is 0.320. The van der Waals surface area contributed by atoms with Crippen LogP contribution in [0.5, 0.6) is 23.0 Å². The lowest BCUT2D eigenvalue weighted by atomic mass is 10.1. The first-order valence-electron chi connectivity index (χ1n) is 10.5. The smallest absolute Gasteiger partial charge is 0.203 e. The highest BCUT2D eigenvalue weighted by atomic mass is 16.5. The van der Waals surface area contributed by atoms with E-state index in [9.17, 15) is 9.90 Å². The van der Waals surface area contributed by atoms with E-state index in [2.05, 4.69) is 0 Å². The van der Waals surface area contributed by atoms with Gasteiger partial charge < -0.3 is 28.5 Å². The third-order valence-electron chi connectivity index (χ3n) is 5.00. The largest absolute Gasteiger partial charge is 0.493 e. The number of rotatable bonds is 13. The van der Waals surface area contributed by atoms with Gasteiger partial charge in [0.15, 0.2) is 11.5 Å². The van der Waals surface area contributed by atoms with Crippen molar-refractivity contribution in [2.24, 2.45) is 0 Å². The number of aliphatic hydroxyl groups excluding tert-OH is 1. The molecular weight excluding hydrogens is 426 g/mol. The molecule has 0 amide bonds. The van der Waals surface area contributed by atoms with Crippen molar-refractivity contribution in [1.29, 1.82) is 0 Å². The van der Waals surface area contributed by atoms with E-state index in [1.54, 1.807) is 51.9 Å². The fourth-order valence-electron chi connectivity index (χ4n) is 3.51. The molecule has 1 heterocycles. The van der Waals surface area contributed by atoms with Crippen LogP contribution in [0.1, 0.15) is 21.7 Å². The zero-order valence-electron chi connectivity index (χ0n) is 19.0. The minimum Gasteiger partial charge on any atom is -0.493 e. The van der Waals surface area contributed by atoms with Gasteiger partial charge in [0.25, 0.3) is 0 Å². The maximum absolute atomic E-state index is 11.0. The number of carbonyl (C=O) groups excluding carboxylic acids is 1. The molecule has 0 aliphatic rings. The van der Waals surface area contributed by atoms with Gasteiger partial charge in [-0.15, -0.1) is 0 Å². The number of hydrogen-bond donors (Lipinski definition) is 1. The third kappa shape index (κ3) is 6.74.